The Hall–Kier alpha value is -3.44. The number of cyclic esters (lactones) is 1. The molecule has 18 nitrogen and oxygen atoms in total. The van der Waals surface area contributed by atoms with Crippen molar-refractivity contribution in [2.45, 2.75) is 177 Å². The number of rotatable bonds is 3. The molecule has 65 heavy (non-hydrogen) atoms. The molecule has 0 spiro atoms. The molecule has 0 aliphatic carbocycles. The maximum absolute atomic E-state index is 12.6. The standard InChI is InChI=1S/C47H73NO17/c1-27-17-15-13-11-9-7-5-6-8-10-12-14-16-18-34(64-46-44(58)41(48)43(57)30(4)63-46)24-38-40(45(59)60)37(54)26-47(61,65-38)25-33(51)22-36(53)35(52)20-19-31(49)21-32(50)23-39(55)62-29(3)28(2)42(27)56/h5-18,27-38,40-44,46,49-54,56-58,61H,19-26,48H2,1-4H3,(H,59,60)/b6-5+,9-7+,10-8+,13-11+,14-12+,17-15+,18-16+/t27-,28-,29-,30-,31+,32+,33-,34-,35+,36+,37-,38-,40+,41+,42+,43-,44+,46?,47+/m0/s1. The summed E-state index contributed by atoms with van der Waals surface area (Å²) in [6.45, 7) is 6.74. The molecule has 0 aromatic carbocycles. The van der Waals surface area contributed by atoms with Crippen LogP contribution >= 0.6 is 0 Å². The van der Waals surface area contributed by atoms with Gasteiger partial charge in [0.2, 0.25) is 0 Å². The quantitative estimate of drug-likeness (QED) is 0.174. The molecule has 18 heteroatoms. The second kappa shape index (κ2) is 27.4. The van der Waals surface area contributed by atoms with Crippen LogP contribution in [-0.2, 0) is 28.5 Å². The first kappa shape index (κ1) is 55.9. The highest BCUT2D eigenvalue weighted by Gasteiger charge is 2.51. The van der Waals surface area contributed by atoms with E-state index in [9.17, 15) is 65.8 Å². The molecule has 0 amide bonds. The molecule has 0 radical (unpaired) electrons. The van der Waals surface area contributed by atoms with Crippen LogP contribution < -0.4 is 5.73 Å². The number of hydrogen-bond acceptors (Lipinski definition) is 17. The average molecular weight is 924 g/mol. The van der Waals surface area contributed by atoms with Crippen LogP contribution in [0.4, 0.5) is 0 Å². The van der Waals surface area contributed by atoms with E-state index in [1.54, 1.807) is 80.7 Å². The zero-order chi connectivity index (χ0) is 48.4. The first-order valence-corrected chi connectivity index (χ1v) is 22.3. The Balaban J connectivity index is 1.86. The van der Waals surface area contributed by atoms with E-state index < -0.39 is 147 Å². The largest absolute Gasteiger partial charge is 0.481 e. The van der Waals surface area contributed by atoms with Crippen molar-refractivity contribution >= 4 is 11.9 Å². The summed E-state index contributed by atoms with van der Waals surface area (Å²) >= 11 is 0. The third-order valence-corrected chi connectivity index (χ3v) is 12.0. The molecule has 2 saturated heterocycles. The van der Waals surface area contributed by atoms with Gasteiger partial charge in [-0.15, -0.1) is 0 Å². The van der Waals surface area contributed by atoms with Gasteiger partial charge in [0.1, 0.15) is 18.1 Å². The monoisotopic (exact) mass is 923 g/mol. The van der Waals surface area contributed by atoms with E-state index in [4.69, 9.17) is 24.7 Å². The van der Waals surface area contributed by atoms with Gasteiger partial charge < -0.3 is 80.9 Å². The van der Waals surface area contributed by atoms with Crippen molar-refractivity contribution < 1.29 is 84.7 Å². The molecular weight excluding hydrogens is 851 g/mol. The van der Waals surface area contributed by atoms with Crippen molar-refractivity contribution in [3.63, 3.8) is 0 Å². The van der Waals surface area contributed by atoms with Gasteiger partial charge in [0.25, 0.3) is 0 Å². The van der Waals surface area contributed by atoms with Gasteiger partial charge in [-0.1, -0.05) is 98.9 Å². The fourth-order valence-electron chi connectivity index (χ4n) is 7.97. The number of aliphatic hydroxyl groups excluding tert-OH is 9. The number of ether oxygens (including phenoxy) is 4. The van der Waals surface area contributed by atoms with Crippen LogP contribution in [0.15, 0.2) is 85.1 Å². The fourth-order valence-corrected chi connectivity index (χ4v) is 7.97. The Morgan fingerprint density at radius 1 is 0.662 bits per heavy atom. The number of allylic oxidation sites excluding steroid dienone is 12. The molecule has 1 unspecified atom stereocenters. The van der Waals surface area contributed by atoms with Crippen molar-refractivity contribution in [3.8, 4) is 0 Å². The maximum Gasteiger partial charge on any atom is 0.311 e. The molecule has 0 saturated carbocycles. The minimum absolute atomic E-state index is 0.107. The average Bonchev–Trinajstić information content (AvgIpc) is 3.21. The van der Waals surface area contributed by atoms with Crippen molar-refractivity contribution in [2.75, 3.05) is 0 Å². The number of carboxylic acid groups (broad SMARTS) is 1. The van der Waals surface area contributed by atoms with Crippen LogP contribution in [0.2, 0.25) is 0 Å². The molecule has 3 heterocycles. The summed E-state index contributed by atoms with van der Waals surface area (Å²) in [5.74, 6) is -6.83. The molecule has 13 N–H and O–H groups in total. The van der Waals surface area contributed by atoms with E-state index in [1.165, 1.54) is 13.0 Å². The summed E-state index contributed by atoms with van der Waals surface area (Å²) in [4.78, 5) is 25.1. The van der Waals surface area contributed by atoms with Gasteiger partial charge in [-0.2, -0.15) is 0 Å². The summed E-state index contributed by atoms with van der Waals surface area (Å²) in [7, 11) is 0. The number of carbonyl (C=O) groups is 2. The smallest absolute Gasteiger partial charge is 0.311 e. The third-order valence-electron chi connectivity index (χ3n) is 12.0. The van der Waals surface area contributed by atoms with Crippen molar-refractivity contribution in [3.05, 3.63) is 85.1 Å². The number of carbonyl (C=O) groups excluding carboxylic acids is 1. The number of nitrogens with two attached hydrogens (primary N) is 1. The molecule has 3 aliphatic rings. The van der Waals surface area contributed by atoms with Crippen molar-refractivity contribution in [1.82, 2.24) is 0 Å². The highest BCUT2D eigenvalue weighted by Crippen LogP contribution is 2.38. The van der Waals surface area contributed by atoms with Crippen LogP contribution in [-0.4, -0.2) is 166 Å². The molecule has 3 aliphatic heterocycles. The molecule has 2 bridgehead atoms. The summed E-state index contributed by atoms with van der Waals surface area (Å²) in [6, 6.07) is -1.15. The minimum Gasteiger partial charge on any atom is -0.481 e. The van der Waals surface area contributed by atoms with Gasteiger partial charge in [-0.25, -0.2) is 0 Å². The second-order valence-electron chi connectivity index (χ2n) is 17.6. The SMILES string of the molecule is C[C@@H]1[C@H](O)[C@@H](C)/C=C/C=C/C=C/C=C/C=C/C=C/C=C/[C@H](OC2O[C@@H](C)[C@H](O)[C@@H](N)[C@H]2O)C[C@@H]2O[C@](O)(C[C@@H](O)C[C@@H](O)[C@H](O)CC[C@@H](O)C[C@@H](O)CC(=O)O[C@H]1C)C[C@H](O)[C@H]2C(=O)O. The Morgan fingerprint density at radius 2 is 1.23 bits per heavy atom. The predicted octanol–water partition coefficient (Wildman–Crippen LogP) is 0.712. The Labute approximate surface area is 381 Å². The number of esters is 1. The van der Waals surface area contributed by atoms with Gasteiger partial charge in [-0.05, 0) is 33.1 Å². The first-order valence-electron chi connectivity index (χ1n) is 22.3. The lowest BCUT2D eigenvalue weighted by molar-refractivity contribution is -0.308. The minimum atomic E-state index is -2.33. The Morgan fingerprint density at radius 3 is 1.82 bits per heavy atom. The molecular formula is C47H73NO17. The summed E-state index contributed by atoms with van der Waals surface area (Å²) in [5, 5.41) is 118. The lowest BCUT2D eigenvalue weighted by atomic mass is 9.82. The Bertz CT molecular complexity index is 1670. The van der Waals surface area contributed by atoms with Crippen molar-refractivity contribution in [2.24, 2.45) is 23.5 Å². The van der Waals surface area contributed by atoms with E-state index in [2.05, 4.69) is 0 Å². The van der Waals surface area contributed by atoms with Crippen molar-refractivity contribution in [1.29, 1.82) is 0 Å². The van der Waals surface area contributed by atoms with Crippen LogP contribution in [0, 0.1) is 17.8 Å². The fraction of sp³-hybridized carbons (Fsp3) is 0.660. The van der Waals surface area contributed by atoms with Gasteiger partial charge in [0.05, 0.1) is 79.6 Å². The number of hydrogen-bond donors (Lipinski definition) is 12. The molecule has 0 aromatic heterocycles. The molecule has 368 valence electrons. The Kier molecular flexibility index (Phi) is 23.6. The number of aliphatic hydroxyl groups is 10. The molecule has 3 rings (SSSR count). The number of aliphatic carboxylic acids is 1. The van der Waals surface area contributed by atoms with Crippen LogP contribution in [0.3, 0.4) is 0 Å². The lowest BCUT2D eigenvalue weighted by Crippen LogP contribution is -2.61. The number of fused-ring (bicyclic) bond motifs is 2. The van der Waals surface area contributed by atoms with Gasteiger partial charge >= 0.3 is 11.9 Å². The van der Waals surface area contributed by atoms with Crippen LogP contribution in [0.5, 0.6) is 0 Å². The van der Waals surface area contributed by atoms with Crippen LogP contribution in [0.1, 0.15) is 79.1 Å². The summed E-state index contributed by atoms with van der Waals surface area (Å²) in [6.07, 6.45) is 3.46. The van der Waals surface area contributed by atoms with E-state index in [0.717, 1.165) is 0 Å². The van der Waals surface area contributed by atoms with Gasteiger partial charge in [0, 0.05) is 37.5 Å². The van der Waals surface area contributed by atoms with Crippen LogP contribution in [0.25, 0.3) is 0 Å². The highest BCUT2D eigenvalue weighted by atomic mass is 16.7. The van der Waals surface area contributed by atoms with E-state index in [1.807, 2.05) is 19.1 Å². The van der Waals surface area contributed by atoms with E-state index in [0.29, 0.717) is 0 Å². The highest BCUT2D eigenvalue weighted by molar-refractivity contribution is 5.71. The topological polar surface area (TPSA) is 320 Å². The summed E-state index contributed by atoms with van der Waals surface area (Å²) in [5.41, 5.74) is 6.02. The van der Waals surface area contributed by atoms with E-state index >= 15 is 0 Å². The normalized spacial score (nSPS) is 45.5. The zero-order valence-corrected chi connectivity index (χ0v) is 37.6. The maximum atomic E-state index is 12.6. The van der Waals surface area contributed by atoms with E-state index in [-0.39, 0.29) is 31.6 Å². The third kappa shape index (κ3) is 18.6. The molecule has 2 fully saturated rings. The second-order valence-corrected chi connectivity index (χ2v) is 17.6. The first-order chi connectivity index (χ1) is 30.6. The molecule has 0 aromatic rings. The lowest BCUT2D eigenvalue weighted by Gasteiger charge is -2.45. The van der Waals surface area contributed by atoms with Gasteiger partial charge in [-0.3, -0.25) is 9.59 Å². The molecule has 19 atom stereocenters. The number of carboxylic acids is 1. The van der Waals surface area contributed by atoms with Gasteiger partial charge in [0.15, 0.2) is 12.1 Å². The predicted molar refractivity (Wildman–Crippen MR) is 237 cm³/mol. The zero-order valence-electron chi connectivity index (χ0n) is 37.6. The summed E-state index contributed by atoms with van der Waals surface area (Å²) < 4.78 is 23.1.